The summed E-state index contributed by atoms with van der Waals surface area (Å²) in [4.78, 5) is 4.27. The van der Waals surface area contributed by atoms with Crippen LogP contribution in [0.25, 0.3) is 0 Å². The van der Waals surface area contributed by atoms with Gasteiger partial charge in [-0.3, -0.25) is 4.98 Å². The quantitative estimate of drug-likeness (QED) is 0.703. The molecule has 1 aromatic heterocycles. The molecule has 1 aromatic rings. The third kappa shape index (κ3) is 5.26. The Balaban J connectivity index is 2.40. The van der Waals surface area contributed by atoms with E-state index in [0.717, 1.165) is 18.7 Å². The molecule has 0 aliphatic rings. The first-order chi connectivity index (χ1) is 8.25. The number of aromatic nitrogens is 1. The summed E-state index contributed by atoms with van der Waals surface area (Å²) in [5.74, 6) is 0. The summed E-state index contributed by atoms with van der Waals surface area (Å²) in [6, 6.07) is 5.66. The van der Waals surface area contributed by atoms with E-state index in [1.807, 2.05) is 25.1 Å². The lowest BCUT2D eigenvalue weighted by Gasteiger charge is -2.20. The van der Waals surface area contributed by atoms with E-state index in [1.54, 1.807) is 6.20 Å². The number of nitrogens with zero attached hydrogens (tertiary/aromatic N) is 1. The van der Waals surface area contributed by atoms with Crippen molar-refractivity contribution in [2.75, 3.05) is 19.8 Å². The minimum Gasteiger partial charge on any atom is -0.379 e. The molecule has 0 radical (unpaired) electrons. The lowest BCUT2D eigenvalue weighted by Crippen LogP contribution is -2.28. The SMILES string of the molecule is CCCOCCOC(c1ccccn1)C(C)N. The molecule has 2 unspecified atom stereocenters. The van der Waals surface area contributed by atoms with Crippen LogP contribution in [-0.4, -0.2) is 30.8 Å². The van der Waals surface area contributed by atoms with E-state index < -0.39 is 0 Å². The second kappa shape index (κ2) is 8.17. The van der Waals surface area contributed by atoms with Crippen LogP contribution in [0.4, 0.5) is 0 Å². The van der Waals surface area contributed by atoms with E-state index in [-0.39, 0.29) is 12.1 Å². The molecule has 1 heterocycles. The smallest absolute Gasteiger partial charge is 0.114 e. The van der Waals surface area contributed by atoms with Crippen molar-refractivity contribution in [3.63, 3.8) is 0 Å². The highest BCUT2D eigenvalue weighted by atomic mass is 16.5. The number of pyridine rings is 1. The molecule has 17 heavy (non-hydrogen) atoms. The Labute approximate surface area is 103 Å². The molecule has 2 N–H and O–H groups in total. The van der Waals surface area contributed by atoms with E-state index >= 15 is 0 Å². The fourth-order valence-corrected chi connectivity index (χ4v) is 1.53. The average molecular weight is 238 g/mol. The monoisotopic (exact) mass is 238 g/mol. The van der Waals surface area contributed by atoms with Crippen LogP contribution in [0.3, 0.4) is 0 Å². The molecule has 4 nitrogen and oxygen atoms in total. The maximum Gasteiger partial charge on any atom is 0.114 e. The number of nitrogens with two attached hydrogens (primary N) is 1. The first-order valence-electron chi connectivity index (χ1n) is 6.11. The Morgan fingerprint density at radius 3 is 2.71 bits per heavy atom. The van der Waals surface area contributed by atoms with Gasteiger partial charge in [-0.25, -0.2) is 0 Å². The molecule has 0 amide bonds. The van der Waals surface area contributed by atoms with E-state index in [1.165, 1.54) is 0 Å². The van der Waals surface area contributed by atoms with Crippen LogP contribution in [0.15, 0.2) is 24.4 Å². The Morgan fingerprint density at radius 2 is 2.12 bits per heavy atom. The van der Waals surface area contributed by atoms with E-state index in [9.17, 15) is 0 Å². The van der Waals surface area contributed by atoms with Gasteiger partial charge in [0.15, 0.2) is 0 Å². The largest absolute Gasteiger partial charge is 0.379 e. The van der Waals surface area contributed by atoms with Gasteiger partial charge >= 0.3 is 0 Å². The zero-order chi connectivity index (χ0) is 12.5. The Morgan fingerprint density at radius 1 is 1.29 bits per heavy atom. The minimum atomic E-state index is -0.165. The molecular formula is C13H22N2O2. The molecule has 0 fully saturated rings. The summed E-state index contributed by atoms with van der Waals surface area (Å²) >= 11 is 0. The van der Waals surface area contributed by atoms with Crippen LogP contribution < -0.4 is 5.73 Å². The first-order valence-corrected chi connectivity index (χ1v) is 6.11. The molecule has 0 saturated carbocycles. The van der Waals surface area contributed by atoms with Gasteiger partial charge in [0.05, 0.1) is 18.9 Å². The molecule has 2 atom stereocenters. The molecular weight excluding hydrogens is 216 g/mol. The molecule has 0 saturated heterocycles. The zero-order valence-electron chi connectivity index (χ0n) is 10.6. The number of ether oxygens (including phenoxy) is 2. The maximum absolute atomic E-state index is 5.90. The molecule has 1 rings (SSSR count). The van der Waals surface area contributed by atoms with Crippen molar-refractivity contribution in [1.82, 2.24) is 4.98 Å². The number of hydrogen-bond acceptors (Lipinski definition) is 4. The van der Waals surface area contributed by atoms with E-state index in [4.69, 9.17) is 15.2 Å². The summed E-state index contributed by atoms with van der Waals surface area (Å²) in [5, 5.41) is 0. The lowest BCUT2D eigenvalue weighted by atomic mass is 10.1. The van der Waals surface area contributed by atoms with E-state index in [2.05, 4.69) is 11.9 Å². The first kappa shape index (κ1) is 14.1. The van der Waals surface area contributed by atoms with Crippen molar-refractivity contribution < 1.29 is 9.47 Å². The Hall–Kier alpha value is -0.970. The average Bonchev–Trinajstić information content (AvgIpc) is 2.34. The summed E-state index contributed by atoms with van der Waals surface area (Å²) < 4.78 is 11.1. The van der Waals surface area contributed by atoms with Crippen molar-refractivity contribution in [2.24, 2.45) is 5.73 Å². The molecule has 0 aromatic carbocycles. The van der Waals surface area contributed by atoms with Gasteiger partial charge in [0.25, 0.3) is 0 Å². The van der Waals surface area contributed by atoms with Gasteiger partial charge < -0.3 is 15.2 Å². The number of hydrogen-bond donors (Lipinski definition) is 1. The summed E-state index contributed by atoms with van der Waals surface area (Å²) in [5.41, 5.74) is 6.78. The summed E-state index contributed by atoms with van der Waals surface area (Å²) in [6.45, 7) is 5.92. The van der Waals surface area contributed by atoms with Gasteiger partial charge in [0, 0.05) is 18.8 Å². The van der Waals surface area contributed by atoms with Crippen molar-refractivity contribution in [2.45, 2.75) is 32.4 Å². The highest BCUT2D eigenvalue weighted by Gasteiger charge is 2.17. The Bertz CT molecular complexity index is 291. The van der Waals surface area contributed by atoms with Crippen LogP contribution in [0.2, 0.25) is 0 Å². The highest BCUT2D eigenvalue weighted by molar-refractivity contribution is 5.08. The zero-order valence-corrected chi connectivity index (χ0v) is 10.6. The second-order valence-corrected chi connectivity index (χ2v) is 4.02. The number of rotatable bonds is 8. The van der Waals surface area contributed by atoms with Crippen LogP contribution >= 0.6 is 0 Å². The van der Waals surface area contributed by atoms with Gasteiger partial charge in [-0.1, -0.05) is 13.0 Å². The van der Waals surface area contributed by atoms with Gasteiger partial charge in [-0.2, -0.15) is 0 Å². The predicted molar refractivity (Wildman–Crippen MR) is 67.7 cm³/mol. The van der Waals surface area contributed by atoms with Gasteiger partial charge in [0.1, 0.15) is 6.10 Å². The van der Waals surface area contributed by atoms with Crippen LogP contribution in [0.1, 0.15) is 32.1 Å². The van der Waals surface area contributed by atoms with Gasteiger partial charge in [-0.15, -0.1) is 0 Å². The van der Waals surface area contributed by atoms with Crippen LogP contribution in [0.5, 0.6) is 0 Å². The topological polar surface area (TPSA) is 57.4 Å². The molecule has 4 heteroatoms. The lowest BCUT2D eigenvalue weighted by molar-refractivity contribution is -0.00653. The molecule has 96 valence electrons. The molecule has 0 aliphatic heterocycles. The van der Waals surface area contributed by atoms with Gasteiger partial charge in [-0.05, 0) is 25.5 Å². The molecule has 0 aliphatic carbocycles. The normalized spacial score (nSPS) is 14.5. The highest BCUT2D eigenvalue weighted by Crippen LogP contribution is 2.17. The fourth-order valence-electron chi connectivity index (χ4n) is 1.53. The van der Waals surface area contributed by atoms with Crippen molar-refractivity contribution in [3.05, 3.63) is 30.1 Å². The minimum absolute atomic E-state index is 0.0870. The van der Waals surface area contributed by atoms with E-state index in [0.29, 0.717) is 13.2 Å². The van der Waals surface area contributed by atoms with Crippen LogP contribution in [-0.2, 0) is 9.47 Å². The molecule has 0 bridgehead atoms. The predicted octanol–water partition coefficient (Wildman–Crippen LogP) is 1.91. The Kier molecular flexibility index (Phi) is 6.77. The molecule has 0 spiro atoms. The van der Waals surface area contributed by atoms with Crippen molar-refractivity contribution in [1.29, 1.82) is 0 Å². The third-order valence-corrected chi connectivity index (χ3v) is 2.33. The standard InChI is InChI=1S/C13H22N2O2/c1-3-8-16-9-10-17-13(11(2)14)12-6-4-5-7-15-12/h4-7,11,13H,3,8-10,14H2,1-2H3. The summed E-state index contributed by atoms with van der Waals surface area (Å²) in [7, 11) is 0. The second-order valence-electron chi connectivity index (χ2n) is 4.02. The third-order valence-electron chi connectivity index (χ3n) is 2.33. The summed E-state index contributed by atoms with van der Waals surface area (Å²) in [6.07, 6.45) is 2.61. The van der Waals surface area contributed by atoms with Crippen molar-refractivity contribution >= 4 is 0 Å². The van der Waals surface area contributed by atoms with Gasteiger partial charge in [0.2, 0.25) is 0 Å². The van der Waals surface area contributed by atoms with Crippen molar-refractivity contribution in [3.8, 4) is 0 Å². The fraction of sp³-hybridized carbons (Fsp3) is 0.615. The van der Waals surface area contributed by atoms with Crippen LogP contribution in [0, 0.1) is 0 Å². The maximum atomic E-state index is 5.90.